The molecule has 0 N–H and O–H groups in total. The van der Waals surface area contributed by atoms with E-state index in [2.05, 4.69) is 260 Å². The van der Waals surface area contributed by atoms with Gasteiger partial charge in [0, 0.05) is 44.0 Å². The molecule has 0 spiro atoms. The lowest BCUT2D eigenvalue weighted by molar-refractivity contribution is 0.652. The summed E-state index contributed by atoms with van der Waals surface area (Å²) in [5, 5.41) is 7.43. The van der Waals surface area contributed by atoms with E-state index in [4.69, 9.17) is 4.42 Å². The Kier molecular flexibility index (Phi) is 8.99. The quantitative estimate of drug-likeness (QED) is 0.171. The van der Waals surface area contributed by atoms with E-state index in [0.29, 0.717) is 0 Å². The summed E-state index contributed by atoms with van der Waals surface area (Å²) < 4.78 is 7.27. The van der Waals surface area contributed by atoms with Crippen LogP contribution >= 0.6 is 0 Å². The van der Waals surface area contributed by atoms with Crippen molar-refractivity contribution < 1.29 is 4.42 Å². The molecule has 2 nitrogen and oxygen atoms in total. The molecule has 0 amide bonds. The molecule has 0 radical (unpaired) electrons. The average molecular weight is 964 g/mol. The predicted molar refractivity (Wildman–Crippen MR) is 316 cm³/mol. The standard InChI is InChI=1S/C73H57NO/c1-42-28-29-43(2)56(36-42)57-39-65-68(52-23-15-14-22-50(52)57)55-34-32-47(38-62(55)73(65,7)8)74(66-27-17-26-54-53-25-16-24-49(69(53)75-70(54)66)44-18-10-9-11-19-44)46-31-33-51-58-40-64-59(41-63(58)72(5,6)61(51)37-46)67-48-21-13-12-20-45(48)30-35-60(67)71(64,3)4/h9-41H,1-8H3. The monoisotopic (exact) mass is 963 g/mol. The van der Waals surface area contributed by atoms with Crippen molar-refractivity contribution in [1.29, 1.82) is 0 Å². The Labute approximate surface area is 439 Å². The Morgan fingerprint density at radius 1 is 0.333 bits per heavy atom. The van der Waals surface area contributed by atoms with Crippen molar-refractivity contribution in [1.82, 2.24) is 0 Å². The highest BCUT2D eigenvalue weighted by molar-refractivity contribution is 6.14. The molecule has 2 heteroatoms. The minimum atomic E-state index is -0.293. The van der Waals surface area contributed by atoms with Gasteiger partial charge in [-0.15, -0.1) is 0 Å². The van der Waals surface area contributed by atoms with E-state index in [1.807, 2.05) is 0 Å². The van der Waals surface area contributed by atoms with Crippen LogP contribution < -0.4 is 4.90 Å². The number of rotatable bonds is 5. The molecule has 360 valence electrons. The summed E-state index contributed by atoms with van der Waals surface area (Å²) in [5.41, 5.74) is 28.0. The van der Waals surface area contributed by atoms with Gasteiger partial charge in [0.2, 0.25) is 0 Å². The molecular formula is C73H57NO. The third-order valence-electron chi connectivity index (χ3n) is 18.0. The van der Waals surface area contributed by atoms with Gasteiger partial charge in [-0.25, -0.2) is 0 Å². The molecule has 0 bridgehead atoms. The molecule has 1 heterocycles. The van der Waals surface area contributed by atoms with Crippen molar-refractivity contribution in [3.05, 3.63) is 245 Å². The first-order chi connectivity index (χ1) is 36.3. The number of anilines is 3. The number of nitrogens with zero attached hydrogens (tertiary/aromatic N) is 1. The predicted octanol–water partition coefficient (Wildman–Crippen LogP) is 20.2. The lowest BCUT2D eigenvalue weighted by Gasteiger charge is -2.29. The summed E-state index contributed by atoms with van der Waals surface area (Å²) in [5.74, 6) is 0. The minimum absolute atomic E-state index is 0.132. The van der Waals surface area contributed by atoms with Crippen LogP contribution in [0, 0.1) is 13.8 Å². The van der Waals surface area contributed by atoms with Gasteiger partial charge in [-0.1, -0.05) is 199 Å². The van der Waals surface area contributed by atoms with Gasteiger partial charge in [0.25, 0.3) is 0 Å². The van der Waals surface area contributed by atoms with Gasteiger partial charge in [-0.05, 0) is 173 Å². The van der Waals surface area contributed by atoms with Crippen LogP contribution in [0.2, 0.25) is 0 Å². The van der Waals surface area contributed by atoms with Crippen LogP contribution in [0.4, 0.5) is 17.1 Å². The highest BCUT2D eigenvalue weighted by atomic mass is 16.3. The average Bonchev–Trinajstić information content (AvgIpc) is 4.10. The van der Waals surface area contributed by atoms with Gasteiger partial charge in [-0.2, -0.15) is 0 Å². The van der Waals surface area contributed by atoms with E-state index in [-0.39, 0.29) is 16.2 Å². The Hall–Kier alpha value is -8.46. The molecule has 3 aliphatic rings. The highest BCUT2D eigenvalue weighted by Crippen LogP contribution is 2.59. The van der Waals surface area contributed by atoms with Gasteiger partial charge in [0.05, 0.1) is 5.69 Å². The zero-order chi connectivity index (χ0) is 50.9. The number of hydrogen-bond acceptors (Lipinski definition) is 2. The zero-order valence-electron chi connectivity index (χ0n) is 43.9. The van der Waals surface area contributed by atoms with E-state index >= 15 is 0 Å². The zero-order valence-corrected chi connectivity index (χ0v) is 43.9. The fourth-order valence-electron chi connectivity index (χ4n) is 14.1. The second-order valence-corrected chi connectivity index (χ2v) is 23.3. The van der Waals surface area contributed by atoms with E-state index < -0.39 is 0 Å². The largest absolute Gasteiger partial charge is 0.453 e. The topological polar surface area (TPSA) is 16.4 Å². The summed E-state index contributed by atoms with van der Waals surface area (Å²) in [6, 6.07) is 75.5. The normalized spacial score (nSPS) is 15.0. The third kappa shape index (κ3) is 6.03. The van der Waals surface area contributed by atoms with Gasteiger partial charge >= 0.3 is 0 Å². The fraction of sp³-hybridized carbons (Fsp3) is 0.151. The van der Waals surface area contributed by atoms with Gasteiger partial charge < -0.3 is 9.32 Å². The summed E-state index contributed by atoms with van der Waals surface area (Å²) in [4.78, 5) is 2.48. The molecule has 0 fully saturated rings. The number of fused-ring (bicyclic) bond motifs is 16. The van der Waals surface area contributed by atoms with E-state index in [1.165, 1.54) is 111 Å². The van der Waals surface area contributed by atoms with E-state index in [9.17, 15) is 0 Å². The molecule has 3 aliphatic carbocycles. The lowest BCUT2D eigenvalue weighted by atomic mass is 9.79. The molecule has 0 saturated carbocycles. The van der Waals surface area contributed by atoms with Crippen LogP contribution in [0.15, 0.2) is 205 Å². The van der Waals surface area contributed by atoms with Crippen LogP contribution in [0.1, 0.15) is 86.1 Å². The second kappa shape index (κ2) is 15.3. The van der Waals surface area contributed by atoms with Crippen LogP contribution in [0.25, 0.3) is 99.1 Å². The number of benzene rings is 11. The molecule has 0 atom stereocenters. The summed E-state index contributed by atoms with van der Waals surface area (Å²) >= 11 is 0. The van der Waals surface area contributed by atoms with Crippen molar-refractivity contribution in [2.45, 2.75) is 71.6 Å². The maximum Gasteiger partial charge on any atom is 0.159 e. The third-order valence-corrected chi connectivity index (χ3v) is 18.0. The Bertz CT molecular complexity index is 4460. The Balaban J connectivity index is 0.941. The van der Waals surface area contributed by atoms with Crippen molar-refractivity contribution >= 4 is 60.5 Å². The molecule has 15 rings (SSSR count). The van der Waals surface area contributed by atoms with Crippen molar-refractivity contribution in [2.24, 2.45) is 0 Å². The lowest BCUT2D eigenvalue weighted by Crippen LogP contribution is -2.18. The maximum atomic E-state index is 7.27. The van der Waals surface area contributed by atoms with Crippen LogP contribution in [-0.4, -0.2) is 0 Å². The van der Waals surface area contributed by atoms with Gasteiger partial charge in [0.1, 0.15) is 5.58 Å². The first kappa shape index (κ1) is 44.1. The number of aryl methyl sites for hydroxylation is 2. The molecule has 0 unspecified atom stereocenters. The van der Waals surface area contributed by atoms with E-state index in [1.54, 1.807) is 0 Å². The molecule has 1 aromatic heterocycles. The number of para-hydroxylation sites is 2. The first-order valence-corrected chi connectivity index (χ1v) is 26.7. The number of hydrogen-bond donors (Lipinski definition) is 0. The summed E-state index contributed by atoms with van der Waals surface area (Å²) in [7, 11) is 0. The molecule has 11 aromatic carbocycles. The second-order valence-electron chi connectivity index (χ2n) is 23.3. The van der Waals surface area contributed by atoms with Crippen LogP contribution in [0.3, 0.4) is 0 Å². The smallest absolute Gasteiger partial charge is 0.159 e. The maximum absolute atomic E-state index is 7.27. The van der Waals surface area contributed by atoms with Crippen LogP contribution in [0.5, 0.6) is 0 Å². The number of furan rings is 1. The van der Waals surface area contributed by atoms with E-state index in [0.717, 1.165) is 50.1 Å². The minimum Gasteiger partial charge on any atom is -0.453 e. The van der Waals surface area contributed by atoms with Crippen molar-refractivity contribution in [2.75, 3.05) is 4.90 Å². The summed E-state index contributed by atoms with van der Waals surface area (Å²) in [6.45, 7) is 19.0. The molecule has 0 saturated heterocycles. The molecule has 12 aromatic rings. The van der Waals surface area contributed by atoms with Crippen molar-refractivity contribution in [3.63, 3.8) is 0 Å². The fourth-order valence-corrected chi connectivity index (χ4v) is 14.1. The van der Waals surface area contributed by atoms with Crippen molar-refractivity contribution in [3.8, 4) is 55.6 Å². The van der Waals surface area contributed by atoms with Gasteiger partial charge in [0.15, 0.2) is 5.58 Å². The SMILES string of the molecule is Cc1ccc(C)c(-c2cc3c(c4ccccc24)-c2ccc(N(c4ccc5c(c4)C(C)(C)c4cc6c(cc4-5)C(C)(C)c4ccc5ccccc5c4-6)c4cccc5c4oc4c(-c6ccccc6)cccc45)cc2C3(C)C)c1. The van der Waals surface area contributed by atoms with Gasteiger partial charge in [-0.3, -0.25) is 0 Å². The Morgan fingerprint density at radius 2 is 0.907 bits per heavy atom. The molecular weight excluding hydrogens is 907 g/mol. The molecule has 0 aliphatic heterocycles. The molecule has 75 heavy (non-hydrogen) atoms. The van der Waals surface area contributed by atoms with Crippen LogP contribution in [-0.2, 0) is 16.2 Å². The summed E-state index contributed by atoms with van der Waals surface area (Å²) in [6.07, 6.45) is 0. The highest BCUT2D eigenvalue weighted by Gasteiger charge is 2.43. The first-order valence-electron chi connectivity index (χ1n) is 26.7. The Morgan fingerprint density at radius 3 is 1.69 bits per heavy atom.